The molecule has 0 radical (unpaired) electrons. The number of rotatable bonds is 2. The van der Waals surface area contributed by atoms with Crippen molar-refractivity contribution in [2.45, 2.75) is 37.5 Å². The van der Waals surface area contributed by atoms with E-state index in [1.54, 1.807) is 4.31 Å². The van der Waals surface area contributed by atoms with Gasteiger partial charge in [0.2, 0.25) is 10.0 Å². The fourth-order valence-electron chi connectivity index (χ4n) is 1.89. The molecule has 0 aromatic carbocycles. The molecular weight excluding hydrogens is 200 g/mol. The van der Waals surface area contributed by atoms with Crippen LogP contribution in [0.1, 0.15) is 26.7 Å². The van der Waals surface area contributed by atoms with Crippen LogP contribution in [0.15, 0.2) is 0 Å². The van der Waals surface area contributed by atoms with E-state index in [2.05, 4.69) is 5.32 Å². The molecule has 82 valence electrons. The summed E-state index contributed by atoms with van der Waals surface area (Å²) in [6, 6.07) is 0. The van der Waals surface area contributed by atoms with Gasteiger partial charge in [-0.15, -0.1) is 0 Å². The summed E-state index contributed by atoms with van der Waals surface area (Å²) in [5, 5.41) is 3.24. The number of nitrogens with one attached hydrogen (secondary N) is 1. The lowest BCUT2D eigenvalue weighted by molar-refractivity contribution is 0.233. The van der Waals surface area contributed by atoms with Gasteiger partial charge >= 0.3 is 0 Å². The minimum Gasteiger partial charge on any atom is -0.309 e. The van der Waals surface area contributed by atoms with Crippen LogP contribution in [0.25, 0.3) is 0 Å². The van der Waals surface area contributed by atoms with Crippen LogP contribution < -0.4 is 5.32 Å². The number of sulfonamides is 1. The minimum atomic E-state index is -2.97. The maximum Gasteiger partial charge on any atom is 0.217 e. The first-order valence-corrected chi connectivity index (χ1v) is 6.66. The Morgan fingerprint density at radius 3 is 2.50 bits per heavy atom. The lowest BCUT2D eigenvalue weighted by Crippen LogP contribution is -2.58. The zero-order valence-electron chi connectivity index (χ0n) is 8.78. The number of hydrogen-bond acceptors (Lipinski definition) is 3. The molecule has 0 bridgehead atoms. The second-order valence-corrected chi connectivity index (χ2v) is 7.10. The fraction of sp³-hybridized carbons (Fsp3) is 1.00. The van der Waals surface area contributed by atoms with Gasteiger partial charge in [0.05, 0.1) is 5.25 Å². The summed E-state index contributed by atoms with van der Waals surface area (Å²) in [5.41, 5.74) is -0.0831. The average Bonchev–Trinajstić information content (AvgIpc) is 2.84. The standard InChI is InChI=1S/C9H18N2O2S/c1-9(2)7-11(6-5-10-9)14(12,13)8-3-4-8/h8,10H,3-7H2,1-2H3. The van der Waals surface area contributed by atoms with E-state index >= 15 is 0 Å². The van der Waals surface area contributed by atoms with E-state index in [-0.39, 0.29) is 10.8 Å². The van der Waals surface area contributed by atoms with Crippen LogP contribution >= 0.6 is 0 Å². The molecule has 14 heavy (non-hydrogen) atoms. The molecule has 1 saturated carbocycles. The second-order valence-electron chi connectivity index (χ2n) is 4.89. The lowest BCUT2D eigenvalue weighted by atomic mass is 10.0. The molecule has 5 heteroatoms. The number of hydrogen-bond donors (Lipinski definition) is 1. The maximum atomic E-state index is 11.9. The molecule has 0 spiro atoms. The van der Waals surface area contributed by atoms with E-state index in [9.17, 15) is 8.42 Å². The zero-order chi connectivity index (χ0) is 10.4. The zero-order valence-corrected chi connectivity index (χ0v) is 9.60. The Labute approximate surface area is 85.7 Å². The van der Waals surface area contributed by atoms with Gasteiger partial charge in [0, 0.05) is 25.2 Å². The van der Waals surface area contributed by atoms with Gasteiger partial charge in [-0.2, -0.15) is 4.31 Å². The van der Waals surface area contributed by atoms with Gasteiger partial charge in [-0.3, -0.25) is 0 Å². The van der Waals surface area contributed by atoms with Crippen molar-refractivity contribution in [1.29, 1.82) is 0 Å². The highest BCUT2D eigenvalue weighted by atomic mass is 32.2. The van der Waals surface area contributed by atoms with Crippen molar-refractivity contribution < 1.29 is 8.42 Å². The van der Waals surface area contributed by atoms with Gasteiger partial charge in [-0.1, -0.05) is 0 Å². The average molecular weight is 218 g/mol. The van der Waals surface area contributed by atoms with Crippen molar-refractivity contribution in [2.75, 3.05) is 19.6 Å². The first-order chi connectivity index (χ1) is 6.42. The predicted octanol–water partition coefficient (Wildman–Crippen LogP) is 0.162. The van der Waals surface area contributed by atoms with E-state index in [4.69, 9.17) is 0 Å². The Morgan fingerprint density at radius 2 is 2.00 bits per heavy atom. The topological polar surface area (TPSA) is 49.4 Å². The molecule has 1 N–H and O–H groups in total. The first-order valence-electron chi connectivity index (χ1n) is 5.16. The van der Waals surface area contributed by atoms with Crippen molar-refractivity contribution >= 4 is 10.0 Å². The van der Waals surface area contributed by atoms with Crippen molar-refractivity contribution in [1.82, 2.24) is 9.62 Å². The number of piperazine rings is 1. The first kappa shape index (κ1) is 10.4. The van der Waals surface area contributed by atoms with Crippen LogP contribution in [0.4, 0.5) is 0 Å². The highest BCUT2D eigenvalue weighted by Gasteiger charge is 2.42. The highest BCUT2D eigenvalue weighted by molar-refractivity contribution is 7.90. The summed E-state index contributed by atoms with van der Waals surface area (Å²) in [6.45, 7) is 6.08. The summed E-state index contributed by atoms with van der Waals surface area (Å²) in [4.78, 5) is 0. The fourth-order valence-corrected chi connectivity index (χ4v) is 3.89. The second kappa shape index (κ2) is 3.18. The Balaban J connectivity index is 2.11. The van der Waals surface area contributed by atoms with Crippen molar-refractivity contribution in [3.05, 3.63) is 0 Å². The smallest absolute Gasteiger partial charge is 0.217 e. The molecule has 4 nitrogen and oxygen atoms in total. The van der Waals surface area contributed by atoms with E-state index in [1.807, 2.05) is 13.8 Å². The summed E-state index contributed by atoms with van der Waals surface area (Å²) in [5.74, 6) is 0. The molecule has 1 aliphatic heterocycles. The normalized spacial score (nSPS) is 29.0. The Bertz CT molecular complexity index is 320. The molecule has 0 amide bonds. The quantitative estimate of drug-likeness (QED) is 0.718. The molecule has 2 fully saturated rings. The van der Waals surface area contributed by atoms with E-state index in [0.717, 1.165) is 19.4 Å². The van der Waals surface area contributed by atoms with Crippen LogP contribution in [0, 0.1) is 0 Å². The van der Waals surface area contributed by atoms with Crippen LogP contribution in [0.2, 0.25) is 0 Å². The van der Waals surface area contributed by atoms with Gasteiger partial charge in [0.25, 0.3) is 0 Å². The van der Waals surface area contributed by atoms with Gasteiger partial charge in [0.1, 0.15) is 0 Å². The molecule has 1 aliphatic carbocycles. The van der Waals surface area contributed by atoms with Gasteiger partial charge in [0.15, 0.2) is 0 Å². The van der Waals surface area contributed by atoms with Gasteiger partial charge in [-0.25, -0.2) is 8.42 Å². The van der Waals surface area contributed by atoms with Crippen LogP contribution in [-0.4, -0.2) is 43.1 Å². The van der Waals surface area contributed by atoms with Crippen LogP contribution in [-0.2, 0) is 10.0 Å². The predicted molar refractivity (Wildman–Crippen MR) is 55.6 cm³/mol. The third kappa shape index (κ3) is 1.94. The van der Waals surface area contributed by atoms with E-state index in [0.29, 0.717) is 13.1 Å². The van der Waals surface area contributed by atoms with Crippen LogP contribution in [0.5, 0.6) is 0 Å². The van der Waals surface area contributed by atoms with Crippen molar-refractivity contribution in [3.8, 4) is 0 Å². The SMILES string of the molecule is CC1(C)CN(S(=O)(=O)C2CC2)CCN1. The summed E-state index contributed by atoms with van der Waals surface area (Å²) in [6.07, 6.45) is 1.71. The van der Waals surface area contributed by atoms with Gasteiger partial charge in [-0.05, 0) is 26.7 Å². The molecule has 0 aromatic rings. The Kier molecular flexibility index (Phi) is 2.36. The van der Waals surface area contributed by atoms with Crippen LogP contribution in [0.3, 0.4) is 0 Å². The summed E-state index contributed by atoms with van der Waals surface area (Å²) in [7, 11) is -2.97. The van der Waals surface area contributed by atoms with Crippen molar-refractivity contribution in [2.24, 2.45) is 0 Å². The minimum absolute atomic E-state index is 0.0728. The Hall–Kier alpha value is -0.130. The molecular formula is C9H18N2O2S. The maximum absolute atomic E-state index is 11.9. The van der Waals surface area contributed by atoms with Crippen molar-refractivity contribution in [3.63, 3.8) is 0 Å². The molecule has 1 saturated heterocycles. The summed E-state index contributed by atoms with van der Waals surface area (Å²) < 4.78 is 25.5. The summed E-state index contributed by atoms with van der Waals surface area (Å²) >= 11 is 0. The largest absolute Gasteiger partial charge is 0.309 e. The molecule has 0 unspecified atom stereocenters. The molecule has 0 aromatic heterocycles. The molecule has 2 rings (SSSR count). The van der Waals surface area contributed by atoms with Gasteiger partial charge < -0.3 is 5.32 Å². The number of nitrogens with zero attached hydrogens (tertiary/aromatic N) is 1. The highest BCUT2D eigenvalue weighted by Crippen LogP contribution is 2.32. The Morgan fingerprint density at radius 1 is 1.36 bits per heavy atom. The molecule has 0 atom stereocenters. The van der Waals surface area contributed by atoms with E-state index < -0.39 is 10.0 Å². The molecule has 1 heterocycles. The monoisotopic (exact) mass is 218 g/mol. The van der Waals surface area contributed by atoms with E-state index in [1.165, 1.54) is 0 Å². The lowest BCUT2D eigenvalue weighted by Gasteiger charge is -2.38. The molecule has 2 aliphatic rings. The third-order valence-corrected chi connectivity index (χ3v) is 5.19. The third-order valence-electron chi connectivity index (χ3n) is 2.84.